The van der Waals surface area contributed by atoms with Crippen molar-refractivity contribution in [3.8, 4) is 5.75 Å². The first-order chi connectivity index (χ1) is 15.7. The summed E-state index contributed by atoms with van der Waals surface area (Å²) in [5.74, 6) is -0.783. The van der Waals surface area contributed by atoms with E-state index >= 15 is 0 Å². The maximum atomic E-state index is 12.7. The van der Waals surface area contributed by atoms with Gasteiger partial charge >= 0.3 is 6.18 Å². The van der Waals surface area contributed by atoms with Crippen LogP contribution in [0.15, 0.2) is 78.9 Å². The molecule has 0 spiro atoms. The van der Waals surface area contributed by atoms with Crippen molar-refractivity contribution >= 4 is 17.5 Å². The highest BCUT2D eigenvalue weighted by Crippen LogP contribution is 2.31. The van der Waals surface area contributed by atoms with Gasteiger partial charge in [0.15, 0.2) is 0 Å². The van der Waals surface area contributed by atoms with E-state index in [4.69, 9.17) is 4.74 Å². The van der Waals surface area contributed by atoms with Crippen molar-refractivity contribution in [1.29, 1.82) is 0 Å². The van der Waals surface area contributed by atoms with E-state index in [1.165, 1.54) is 24.3 Å². The standard InChI is InChI=1S/C24H21F3N2O4/c25-24(26,27)18-7-4-8-21(13-18)33-15-20(30)14-28-22(31)17-9-11-19(12-10-17)29-23(32)16-5-2-1-3-6-16/h1-13,20,30H,14-15H2,(H,28,31)(H,29,32). The molecule has 1 unspecified atom stereocenters. The van der Waals surface area contributed by atoms with Gasteiger partial charge in [0, 0.05) is 23.4 Å². The van der Waals surface area contributed by atoms with Gasteiger partial charge in [-0.2, -0.15) is 13.2 Å². The molecule has 33 heavy (non-hydrogen) atoms. The van der Waals surface area contributed by atoms with E-state index in [0.717, 1.165) is 12.1 Å². The number of anilines is 1. The van der Waals surface area contributed by atoms with E-state index < -0.39 is 23.8 Å². The summed E-state index contributed by atoms with van der Waals surface area (Å²) in [6.45, 7) is -0.462. The van der Waals surface area contributed by atoms with Crippen LogP contribution in [0.5, 0.6) is 5.75 Å². The van der Waals surface area contributed by atoms with Gasteiger partial charge in [-0.15, -0.1) is 0 Å². The van der Waals surface area contributed by atoms with E-state index in [-0.39, 0.29) is 24.8 Å². The summed E-state index contributed by atoms with van der Waals surface area (Å²) >= 11 is 0. The molecule has 0 bridgehead atoms. The summed E-state index contributed by atoms with van der Waals surface area (Å²) in [4.78, 5) is 24.4. The van der Waals surface area contributed by atoms with Gasteiger partial charge in [-0.1, -0.05) is 24.3 Å². The molecule has 3 aromatic carbocycles. The third-order valence-electron chi connectivity index (χ3n) is 4.54. The summed E-state index contributed by atoms with van der Waals surface area (Å²) in [6.07, 6.45) is -5.63. The Kier molecular flexibility index (Phi) is 7.68. The molecule has 0 saturated heterocycles. The van der Waals surface area contributed by atoms with Crippen LogP contribution in [-0.2, 0) is 6.18 Å². The molecule has 0 aromatic heterocycles. The number of hydrogen-bond acceptors (Lipinski definition) is 4. The van der Waals surface area contributed by atoms with Crippen molar-refractivity contribution in [2.45, 2.75) is 12.3 Å². The highest BCUT2D eigenvalue weighted by Gasteiger charge is 2.30. The highest BCUT2D eigenvalue weighted by atomic mass is 19.4. The molecular formula is C24H21F3N2O4. The lowest BCUT2D eigenvalue weighted by Crippen LogP contribution is -2.35. The number of alkyl halides is 3. The van der Waals surface area contributed by atoms with Crippen LogP contribution in [0.2, 0.25) is 0 Å². The Labute approximate surface area is 188 Å². The molecule has 0 aliphatic heterocycles. The second kappa shape index (κ2) is 10.6. The molecule has 6 nitrogen and oxygen atoms in total. The Hall–Kier alpha value is -3.85. The van der Waals surface area contributed by atoms with E-state index in [2.05, 4.69) is 10.6 Å². The molecule has 9 heteroatoms. The number of ether oxygens (including phenoxy) is 1. The van der Waals surface area contributed by atoms with Crippen molar-refractivity contribution in [3.63, 3.8) is 0 Å². The average molecular weight is 458 g/mol. The fourth-order valence-corrected chi connectivity index (χ4v) is 2.82. The van der Waals surface area contributed by atoms with Crippen molar-refractivity contribution in [1.82, 2.24) is 5.32 Å². The van der Waals surface area contributed by atoms with Crippen molar-refractivity contribution in [3.05, 3.63) is 95.6 Å². The number of aliphatic hydroxyl groups is 1. The molecule has 0 heterocycles. The monoisotopic (exact) mass is 458 g/mol. The molecule has 0 saturated carbocycles. The minimum absolute atomic E-state index is 0.0386. The quantitative estimate of drug-likeness (QED) is 0.474. The second-order valence-electron chi connectivity index (χ2n) is 7.10. The summed E-state index contributed by atoms with van der Waals surface area (Å²) < 4.78 is 43.4. The molecule has 0 aliphatic carbocycles. The number of amides is 2. The third kappa shape index (κ3) is 7.08. The van der Waals surface area contributed by atoms with Crippen molar-refractivity contribution < 1.29 is 32.6 Å². The molecule has 3 N–H and O–H groups in total. The Bertz CT molecular complexity index is 1090. The van der Waals surface area contributed by atoms with Gasteiger partial charge in [-0.05, 0) is 54.6 Å². The number of benzene rings is 3. The fourth-order valence-electron chi connectivity index (χ4n) is 2.82. The minimum Gasteiger partial charge on any atom is -0.491 e. The van der Waals surface area contributed by atoms with Gasteiger partial charge in [0.05, 0.1) is 5.56 Å². The molecule has 0 radical (unpaired) electrons. The maximum Gasteiger partial charge on any atom is 0.416 e. The molecule has 0 fully saturated rings. The highest BCUT2D eigenvalue weighted by molar-refractivity contribution is 6.04. The topological polar surface area (TPSA) is 87.7 Å². The van der Waals surface area contributed by atoms with E-state index in [9.17, 15) is 27.9 Å². The summed E-state index contributed by atoms with van der Waals surface area (Å²) in [7, 11) is 0. The molecule has 1 atom stereocenters. The van der Waals surface area contributed by atoms with E-state index in [1.807, 2.05) is 0 Å². The van der Waals surface area contributed by atoms with Crippen LogP contribution in [0.3, 0.4) is 0 Å². The summed E-state index contributed by atoms with van der Waals surface area (Å²) in [6, 6.07) is 19.1. The molecule has 172 valence electrons. The number of aliphatic hydroxyl groups excluding tert-OH is 1. The molecule has 3 rings (SSSR count). The summed E-state index contributed by atoms with van der Waals surface area (Å²) in [5, 5.41) is 15.2. The van der Waals surface area contributed by atoms with E-state index in [1.54, 1.807) is 42.5 Å². The number of carbonyl (C=O) groups is 2. The van der Waals surface area contributed by atoms with Gasteiger partial charge < -0.3 is 20.5 Å². The first-order valence-electron chi connectivity index (χ1n) is 9.95. The SMILES string of the molecule is O=C(NCC(O)COc1cccc(C(F)(F)F)c1)c1ccc(NC(=O)c2ccccc2)cc1. The van der Waals surface area contributed by atoms with Gasteiger partial charge in [0.2, 0.25) is 0 Å². The van der Waals surface area contributed by atoms with Gasteiger partial charge in [0.25, 0.3) is 11.8 Å². The zero-order chi connectivity index (χ0) is 23.8. The summed E-state index contributed by atoms with van der Waals surface area (Å²) in [5.41, 5.74) is 0.459. The minimum atomic E-state index is -4.49. The van der Waals surface area contributed by atoms with Gasteiger partial charge in [0.1, 0.15) is 18.5 Å². The number of carbonyl (C=O) groups excluding carboxylic acids is 2. The van der Waals surface area contributed by atoms with Crippen LogP contribution in [0.25, 0.3) is 0 Å². The predicted molar refractivity (Wildman–Crippen MR) is 116 cm³/mol. The number of nitrogens with one attached hydrogen (secondary N) is 2. The zero-order valence-electron chi connectivity index (χ0n) is 17.3. The number of halogens is 3. The molecule has 2 amide bonds. The largest absolute Gasteiger partial charge is 0.491 e. The van der Waals surface area contributed by atoms with Crippen LogP contribution in [-0.4, -0.2) is 36.2 Å². The predicted octanol–water partition coefficient (Wildman–Crippen LogP) is 4.13. The van der Waals surface area contributed by atoms with Crippen LogP contribution in [0, 0.1) is 0 Å². The van der Waals surface area contributed by atoms with Crippen LogP contribution in [0.4, 0.5) is 18.9 Å². The Morgan fingerprint density at radius 1 is 0.879 bits per heavy atom. The van der Waals surface area contributed by atoms with Crippen LogP contribution < -0.4 is 15.4 Å². The van der Waals surface area contributed by atoms with Crippen molar-refractivity contribution in [2.24, 2.45) is 0 Å². The molecular weight excluding hydrogens is 437 g/mol. The Morgan fingerprint density at radius 3 is 2.21 bits per heavy atom. The Morgan fingerprint density at radius 2 is 1.55 bits per heavy atom. The lowest BCUT2D eigenvalue weighted by Gasteiger charge is -2.14. The first kappa shape index (κ1) is 23.8. The normalized spacial score (nSPS) is 12.0. The van der Waals surface area contributed by atoms with Crippen LogP contribution >= 0.6 is 0 Å². The lowest BCUT2D eigenvalue weighted by atomic mass is 10.1. The lowest BCUT2D eigenvalue weighted by molar-refractivity contribution is -0.137. The van der Waals surface area contributed by atoms with Crippen LogP contribution in [0.1, 0.15) is 26.3 Å². The van der Waals surface area contributed by atoms with Gasteiger partial charge in [-0.25, -0.2) is 0 Å². The first-order valence-corrected chi connectivity index (χ1v) is 9.95. The smallest absolute Gasteiger partial charge is 0.416 e. The second-order valence-corrected chi connectivity index (χ2v) is 7.10. The molecule has 0 aliphatic rings. The third-order valence-corrected chi connectivity index (χ3v) is 4.54. The van der Waals surface area contributed by atoms with Crippen molar-refractivity contribution in [2.75, 3.05) is 18.5 Å². The van der Waals surface area contributed by atoms with E-state index in [0.29, 0.717) is 16.8 Å². The molecule has 3 aromatic rings. The maximum absolute atomic E-state index is 12.7. The Balaban J connectivity index is 1.46. The number of hydrogen-bond donors (Lipinski definition) is 3. The fraction of sp³-hybridized carbons (Fsp3) is 0.167. The van der Waals surface area contributed by atoms with Gasteiger partial charge in [-0.3, -0.25) is 9.59 Å². The average Bonchev–Trinajstić information content (AvgIpc) is 2.82. The number of rotatable bonds is 8. The zero-order valence-corrected chi connectivity index (χ0v) is 17.3.